The quantitative estimate of drug-likeness (QED) is 0.233. The summed E-state index contributed by atoms with van der Waals surface area (Å²) in [5.74, 6) is 1.25. The Hall–Kier alpha value is -2.79. The molecule has 3 N–H and O–H groups in total. The van der Waals surface area contributed by atoms with Crippen LogP contribution in [0.2, 0.25) is 5.02 Å². The van der Waals surface area contributed by atoms with Crippen LogP contribution in [0.1, 0.15) is 57.6 Å². The summed E-state index contributed by atoms with van der Waals surface area (Å²) in [4.78, 5) is 16.0. The number of nitrogens with one attached hydrogen (secondary N) is 3. The van der Waals surface area contributed by atoms with Crippen LogP contribution in [0.4, 0.5) is 33.3 Å². The van der Waals surface area contributed by atoms with E-state index in [1.807, 2.05) is 25.1 Å². The van der Waals surface area contributed by atoms with Gasteiger partial charge in [0.25, 0.3) is 0 Å². The van der Waals surface area contributed by atoms with E-state index < -0.39 is 0 Å². The van der Waals surface area contributed by atoms with Crippen molar-refractivity contribution >= 4 is 56.6 Å². The molecule has 0 aliphatic carbocycles. The average Bonchev–Trinajstić information content (AvgIpc) is 2.90. The van der Waals surface area contributed by atoms with Gasteiger partial charge in [0.15, 0.2) is 0 Å². The third-order valence-corrected chi connectivity index (χ3v) is 10.1. The Balaban J connectivity index is 1.26. The maximum absolute atomic E-state index is 15.2. The lowest BCUT2D eigenvalue weighted by atomic mass is 9.89. The number of ether oxygens (including phenoxy) is 1. The molecule has 2 aromatic heterocycles. The number of aromatic nitrogens is 3. The third-order valence-electron chi connectivity index (χ3n) is 7.54. The molecule has 0 radical (unpaired) electrons. The van der Waals surface area contributed by atoms with Gasteiger partial charge < -0.3 is 20.1 Å². The van der Waals surface area contributed by atoms with Crippen molar-refractivity contribution in [2.24, 2.45) is 0 Å². The lowest BCUT2D eigenvalue weighted by Crippen LogP contribution is -2.51. The Labute approximate surface area is 249 Å². The van der Waals surface area contributed by atoms with Crippen LogP contribution in [0.15, 0.2) is 36.7 Å². The predicted molar refractivity (Wildman–Crippen MR) is 170 cm³/mol. The summed E-state index contributed by atoms with van der Waals surface area (Å²) >= 11 is 6.52. The number of rotatable bonds is 8. The lowest BCUT2D eigenvalue weighted by Gasteiger charge is -2.41. The standard InChI is InChI=1S/C30H39ClFN7OS/c1-6-41(30(3,4)5)38-26-13-21(7-8-24(26)31)35-28-19(2)15-34-29(37-28)36-27-14-25(32)23(16-33-27)20-9-11-39(12-10-20)22-17-40-18-22/h6-8,13-16,20,22,38H,9-12,17-18H2,1-5H3,(H2,33,34,35,36,37). The van der Waals surface area contributed by atoms with Crippen molar-refractivity contribution in [2.75, 3.05) is 41.7 Å². The van der Waals surface area contributed by atoms with Crippen LogP contribution in [0.3, 0.4) is 0 Å². The first-order valence-corrected chi connectivity index (χ1v) is 15.7. The van der Waals surface area contributed by atoms with Crippen LogP contribution >= 0.6 is 22.3 Å². The second-order valence-electron chi connectivity index (χ2n) is 11.6. The van der Waals surface area contributed by atoms with E-state index in [1.54, 1.807) is 12.4 Å². The van der Waals surface area contributed by atoms with E-state index in [0.29, 0.717) is 34.2 Å². The lowest BCUT2D eigenvalue weighted by molar-refractivity contribution is -0.0713. The number of piperidine rings is 1. The average molecular weight is 600 g/mol. The highest BCUT2D eigenvalue weighted by atomic mass is 35.5. The molecule has 0 bridgehead atoms. The molecule has 2 aliphatic rings. The molecule has 11 heteroatoms. The van der Waals surface area contributed by atoms with Crippen LogP contribution in [-0.4, -0.2) is 62.3 Å². The SMILES string of the molecule is C/C=S(\Nc1cc(Nc2nc(Nc3cc(F)c(C4CCN(C5COC5)CC4)cn3)ncc2C)ccc1Cl)C(C)(C)C. The fourth-order valence-electron chi connectivity index (χ4n) is 5.07. The van der Waals surface area contributed by atoms with Gasteiger partial charge in [0.05, 0.1) is 30.0 Å². The van der Waals surface area contributed by atoms with E-state index in [4.69, 9.17) is 16.3 Å². The highest BCUT2D eigenvalue weighted by molar-refractivity contribution is 8.17. The van der Waals surface area contributed by atoms with Crippen molar-refractivity contribution in [1.82, 2.24) is 19.9 Å². The van der Waals surface area contributed by atoms with E-state index >= 15 is 4.39 Å². The van der Waals surface area contributed by atoms with Gasteiger partial charge in [-0.2, -0.15) is 4.98 Å². The first-order chi connectivity index (χ1) is 19.6. The number of nitrogens with zero attached hydrogens (tertiary/aromatic N) is 4. The fourth-order valence-corrected chi connectivity index (χ4v) is 6.82. The molecular weight excluding hydrogens is 561 g/mol. The fraction of sp³-hybridized carbons (Fsp3) is 0.467. The van der Waals surface area contributed by atoms with E-state index in [1.165, 1.54) is 6.07 Å². The van der Waals surface area contributed by atoms with Crippen molar-refractivity contribution in [3.63, 3.8) is 0 Å². The van der Waals surface area contributed by atoms with Gasteiger partial charge in [0, 0.05) is 40.0 Å². The maximum Gasteiger partial charge on any atom is 0.230 e. The maximum atomic E-state index is 15.2. The molecule has 0 amide bonds. The minimum atomic E-state index is -0.252. The smallest absolute Gasteiger partial charge is 0.230 e. The van der Waals surface area contributed by atoms with Crippen LogP contribution < -0.4 is 15.4 Å². The summed E-state index contributed by atoms with van der Waals surface area (Å²) in [6.45, 7) is 14.1. The van der Waals surface area contributed by atoms with E-state index in [-0.39, 0.29) is 27.2 Å². The third kappa shape index (κ3) is 7.17. The number of aryl methyl sites for hydroxylation is 1. The van der Waals surface area contributed by atoms with Gasteiger partial charge in [-0.3, -0.25) is 4.90 Å². The summed E-state index contributed by atoms with van der Waals surface area (Å²) < 4.78 is 24.1. The van der Waals surface area contributed by atoms with Crippen LogP contribution in [0.25, 0.3) is 0 Å². The van der Waals surface area contributed by atoms with Gasteiger partial charge in [-0.15, -0.1) is 0 Å². The first-order valence-electron chi connectivity index (χ1n) is 14.0. The van der Waals surface area contributed by atoms with Gasteiger partial charge in [0.1, 0.15) is 17.5 Å². The molecule has 220 valence electrons. The molecule has 8 nitrogen and oxygen atoms in total. The molecule has 1 aromatic carbocycles. The molecule has 0 saturated carbocycles. The molecule has 3 aromatic rings. The van der Waals surface area contributed by atoms with E-state index in [2.05, 4.69) is 68.3 Å². The highest BCUT2D eigenvalue weighted by Crippen LogP contribution is 2.37. The molecular formula is C30H39ClFN7OS. The van der Waals surface area contributed by atoms with Crippen LogP contribution in [0.5, 0.6) is 0 Å². The zero-order chi connectivity index (χ0) is 29.1. The number of pyridine rings is 1. The van der Waals surface area contributed by atoms with Crippen molar-refractivity contribution < 1.29 is 9.13 Å². The minimum Gasteiger partial charge on any atom is -0.378 e. The summed E-state index contributed by atoms with van der Waals surface area (Å²) in [6.07, 6.45) is 5.22. The normalized spacial score (nSPS) is 17.7. The Kier molecular flexibility index (Phi) is 9.13. The van der Waals surface area contributed by atoms with Crippen molar-refractivity contribution in [2.45, 2.75) is 64.2 Å². The molecule has 2 aliphatic heterocycles. The summed E-state index contributed by atoms with van der Waals surface area (Å²) in [6, 6.07) is 7.71. The van der Waals surface area contributed by atoms with Crippen LogP contribution in [0, 0.1) is 12.7 Å². The molecule has 2 fully saturated rings. The van der Waals surface area contributed by atoms with Crippen LogP contribution in [-0.2, 0) is 4.74 Å². The van der Waals surface area contributed by atoms with E-state index in [0.717, 1.165) is 56.1 Å². The zero-order valence-electron chi connectivity index (χ0n) is 24.3. The van der Waals surface area contributed by atoms with Gasteiger partial charge >= 0.3 is 0 Å². The second-order valence-corrected chi connectivity index (χ2v) is 14.5. The Bertz CT molecular complexity index is 1420. The summed E-state index contributed by atoms with van der Waals surface area (Å²) in [7, 11) is -0.170. The number of hydrogen-bond donors (Lipinski definition) is 3. The van der Waals surface area contributed by atoms with Gasteiger partial charge in [-0.05, 0) is 90.0 Å². The molecule has 5 rings (SSSR count). The molecule has 1 unspecified atom stereocenters. The monoisotopic (exact) mass is 599 g/mol. The van der Waals surface area contributed by atoms with Crippen molar-refractivity contribution in [3.05, 3.63) is 58.6 Å². The van der Waals surface area contributed by atoms with Gasteiger partial charge in [-0.1, -0.05) is 22.3 Å². The van der Waals surface area contributed by atoms with Gasteiger partial charge in [0.2, 0.25) is 5.95 Å². The number of hydrogen-bond acceptors (Lipinski definition) is 8. The molecule has 1 atom stereocenters. The first kappa shape index (κ1) is 29.7. The number of halogens is 2. The summed E-state index contributed by atoms with van der Waals surface area (Å²) in [5, 5.41) is 9.26. The molecule has 4 heterocycles. The Morgan fingerprint density at radius 3 is 2.49 bits per heavy atom. The Morgan fingerprint density at radius 2 is 1.85 bits per heavy atom. The minimum absolute atomic E-state index is 0.0556. The largest absolute Gasteiger partial charge is 0.378 e. The second kappa shape index (κ2) is 12.6. The van der Waals surface area contributed by atoms with Crippen molar-refractivity contribution in [1.29, 1.82) is 0 Å². The number of anilines is 5. The molecule has 0 spiro atoms. The zero-order valence-corrected chi connectivity index (χ0v) is 25.9. The number of benzene rings is 1. The Morgan fingerprint density at radius 1 is 1.10 bits per heavy atom. The van der Waals surface area contributed by atoms with E-state index in [9.17, 15) is 0 Å². The topological polar surface area (TPSA) is 87.2 Å². The van der Waals surface area contributed by atoms with Gasteiger partial charge in [-0.25, -0.2) is 14.4 Å². The molecule has 2 saturated heterocycles. The highest BCUT2D eigenvalue weighted by Gasteiger charge is 2.31. The predicted octanol–water partition coefficient (Wildman–Crippen LogP) is 7.25. The number of likely N-dealkylation sites (tertiary alicyclic amines) is 1. The molecule has 41 heavy (non-hydrogen) atoms. The summed E-state index contributed by atoms with van der Waals surface area (Å²) in [5.41, 5.74) is 3.23. The van der Waals surface area contributed by atoms with Crippen molar-refractivity contribution in [3.8, 4) is 0 Å².